The molecule has 17 heavy (non-hydrogen) atoms. The van der Waals surface area contributed by atoms with Crippen molar-refractivity contribution >= 4 is 29.0 Å². The third-order valence-corrected chi connectivity index (χ3v) is 3.76. The molecule has 0 saturated carbocycles. The Labute approximate surface area is 112 Å². The van der Waals surface area contributed by atoms with Crippen LogP contribution < -0.4 is 4.90 Å². The van der Waals surface area contributed by atoms with Gasteiger partial charge in [-0.05, 0) is 32.5 Å². The predicted molar refractivity (Wildman–Crippen MR) is 71.0 cm³/mol. The molecule has 1 fully saturated rings. The molecule has 6 heteroatoms. The lowest BCUT2D eigenvalue weighted by molar-refractivity contribution is 0.138. The first kappa shape index (κ1) is 12.9. The fourth-order valence-electron chi connectivity index (χ4n) is 1.98. The van der Waals surface area contributed by atoms with Gasteiger partial charge in [-0.3, -0.25) is 4.90 Å². The van der Waals surface area contributed by atoms with E-state index in [0.717, 1.165) is 25.5 Å². The zero-order valence-corrected chi connectivity index (χ0v) is 11.8. The van der Waals surface area contributed by atoms with Crippen molar-refractivity contribution in [3.8, 4) is 0 Å². The number of nitrogens with zero attached hydrogens (tertiary/aromatic N) is 4. The van der Waals surface area contributed by atoms with Gasteiger partial charge in [0, 0.05) is 25.2 Å². The van der Waals surface area contributed by atoms with Gasteiger partial charge < -0.3 is 4.90 Å². The fourth-order valence-corrected chi connectivity index (χ4v) is 2.32. The summed E-state index contributed by atoms with van der Waals surface area (Å²) in [5.41, 5.74) is 0.0962. The van der Waals surface area contributed by atoms with Crippen LogP contribution >= 0.6 is 23.2 Å². The molecule has 1 aromatic heterocycles. The molecule has 0 radical (unpaired) electrons. The van der Waals surface area contributed by atoms with E-state index >= 15 is 0 Å². The van der Waals surface area contributed by atoms with Gasteiger partial charge in [0.25, 0.3) is 0 Å². The summed E-state index contributed by atoms with van der Waals surface area (Å²) >= 11 is 11.9. The first-order valence-corrected chi connectivity index (χ1v) is 6.30. The van der Waals surface area contributed by atoms with Gasteiger partial charge in [-0.2, -0.15) is 4.98 Å². The Hall–Kier alpha value is -0.580. The summed E-state index contributed by atoms with van der Waals surface area (Å²) in [5.74, 6) is 0.729. The lowest BCUT2D eigenvalue weighted by Crippen LogP contribution is -2.58. The van der Waals surface area contributed by atoms with Crippen LogP contribution in [0.2, 0.25) is 10.3 Å². The molecule has 1 aliphatic heterocycles. The maximum Gasteiger partial charge on any atom is 0.224 e. The Balaban J connectivity index is 2.26. The van der Waals surface area contributed by atoms with Gasteiger partial charge >= 0.3 is 0 Å². The zero-order valence-electron chi connectivity index (χ0n) is 10.2. The molecule has 4 nitrogen and oxygen atoms in total. The van der Waals surface area contributed by atoms with Crippen LogP contribution in [0.5, 0.6) is 0 Å². The second kappa shape index (κ2) is 4.59. The molecule has 94 valence electrons. The molecule has 0 aliphatic carbocycles. The van der Waals surface area contributed by atoms with Gasteiger partial charge in [0.2, 0.25) is 5.28 Å². The number of hydrogen-bond acceptors (Lipinski definition) is 4. The molecule has 0 amide bonds. The van der Waals surface area contributed by atoms with Gasteiger partial charge in [-0.25, -0.2) is 4.98 Å². The largest absolute Gasteiger partial charge is 0.352 e. The van der Waals surface area contributed by atoms with Crippen LogP contribution in [0.1, 0.15) is 13.8 Å². The molecule has 1 aliphatic rings. The van der Waals surface area contributed by atoms with Crippen molar-refractivity contribution in [1.29, 1.82) is 0 Å². The highest BCUT2D eigenvalue weighted by Gasteiger charge is 2.32. The summed E-state index contributed by atoms with van der Waals surface area (Å²) < 4.78 is 0. The van der Waals surface area contributed by atoms with Gasteiger partial charge in [-0.1, -0.05) is 11.6 Å². The normalized spacial score (nSPS) is 20.6. The third-order valence-electron chi connectivity index (χ3n) is 3.31. The van der Waals surface area contributed by atoms with Crippen molar-refractivity contribution < 1.29 is 0 Å². The number of aromatic nitrogens is 2. The summed E-state index contributed by atoms with van der Waals surface area (Å²) in [6.07, 6.45) is 1.55. The average molecular weight is 275 g/mol. The van der Waals surface area contributed by atoms with Crippen molar-refractivity contribution in [2.75, 3.05) is 31.6 Å². The van der Waals surface area contributed by atoms with Gasteiger partial charge in [-0.15, -0.1) is 0 Å². The Bertz CT molecular complexity index is 422. The standard InChI is InChI=1S/C11H16Cl2N4/c1-11(2)7-17(5-4-16(11)3)9-8(12)6-14-10(13)15-9/h6H,4-5,7H2,1-3H3. The number of piperazine rings is 1. The van der Waals surface area contributed by atoms with E-state index in [0.29, 0.717) is 5.02 Å². The molecule has 0 atom stereocenters. The lowest BCUT2D eigenvalue weighted by atomic mass is 10.00. The molecule has 0 unspecified atom stereocenters. The molecule has 0 bridgehead atoms. The number of rotatable bonds is 1. The van der Waals surface area contributed by atoms with Crippen LogP contribution in [0.25, 0.3) is 0 Å². The summed E-state index contributed by atoms with van der Waals surface area (Å²) in [6.45, 7) is 7.15. The van der Waals surface area contributed by atoms with Crippen LogP contribution in [0.4, 0.5) is 5.82 Å². The predicted octanol–water partition coefficient (Wildman–Crippen LogP) is 2.31. The zero-order chi connectivity index (χ0) is 12.6. The van der Waals surface area contributed by atoms with E-state index in [-0.39, 0.29) is 10.8 Å². The summed E-state index contributed by atoms with van der Waals surface area (Å²) in [5, 5.41) is 0.788. The van der Waals surface area contributed by atoms with Crippen molar-refractivity contribution in [3.05, 3.63) is 16.5 Å². The minimum atomic E-state index is 0.0962. The highest BCUT2D eigenvalue weighted by atomic mass is 35.5. The van der Waals surface area contributed by atoms with Gasteiger partial charge in [0.15, 0.2) is 5.82 Å². The number of anilines is 1. The summed E-state index contributed by atoms with van der Waals surface area (Å²) in [7, 11) is 2.13. The maximum absolute atomic E-state index is 6.12. The second-order valence-electron chi connectivity index (χ2n) is 4.97. The monoisotopic (exact) mass is 274 g/mol. The van der Waals surface area contributed by atoms with E-state index in [9.17, 15) is 0 Å². The Morgan fingerprint density at radius 1 is 1.29 bits per heavy atom. The molecule has 0 aromatic carbocycles. The van der Waals surface area contributed by atoms with Crippen molar-refractivity contribution in [1.82, 2.24) is 14.9 Å². The molecular formula is C11H16Cl2N4. The van der Waals surface area contributed by atoms with E-state index < -0.39 is 0 Å². The first-order chi connectivity index (χ1) is 7.90. The molecule has 2 rings (SSSR count). The van der Waals surface area contributed by atoms with E-state index in [1.165, 1.54) is 0 Å². The Morgan fingerprint density at radius 3 is 2.65 bits per heavy atom. The smallest absolute Gasteiger partial charge is 0.224 e. The van der Waals surface area contributed by atoms with Crippen molar-refractivity contribution in [2.24, 2.45) is 0 Å². The minimum Gasteiger partial charge on any atom is -0.352 e. The summed E-state index contributed by atoms with van der Waals surface area (Å²) in [6, 6.07) is 0. The molecule has 1 aromatic rings. The molecule has 1 saturated heterocycles. The minimum absolute atomic E-state index is 0.0962. The third kappa shape index (κ3) is 2.64. The fraction of sp³-hybridized carbons (Fsp3) is 0.636. The number of hydrogen-bond donors (Lipinski definition) is 0. The van der Waals surface area contributed by atoms with Crippen LogP contribution in [0.15, 0.2) is 6.20 Å². The highest BCUT2D eigenvalue weighted by molar-refractivity contribution is 6.33. The van der Waals surface area contributed by atoms with E-state index in [4.69, 9.17) is 23.2 Å². The summed E-state index contributed by atoms with van der Waals surface area (Å²) in [4.78, 5) is 12.6. The Kier molecular flexibility index (Phi) is 3.48. The SMILES string of the molecule is CN1CCN(c2nc(Cl)ncc2Cl)CC1(C)C. The van der Waals surface area contributed by atoms with Crippen molar-refractivity contribution in [2.45, 2.75) is 19.4 Å². The Morgan fingerprint density at radius 2 is 2.00 bits per heavy atom. The molecule has 0 N–H and O–H groups in total. The van der Waals surface area contributed by atoms with Crippen LogP contribution in [-0.4, -0.2) is 47.1 Å². The number of likely N-dealkylation sites (N-methyl/N-ethyl adjacent to an activating group) is 1. The quantitative estimate of drug-likeness (QED) is 0.736. The number of halogens is 2. The molecule has 0 spiro atoms. The van der Waals surface area contributed by atoms with Gasteiger partial charge in [0.1, 0.15) is 5.02 Å². The van der Waals surface area contributed by atoms with E-state index in [1.807, 2.05) is 0 Å². The highest BCUT2D eigenvalue weighted by Crippen LogP contribution is 2.28. The molecule has 2 heterocycles. The lowest BCUT2D eigenvalue weighted by Gasteiger charge is -2.45. The average Bonchev–Trinajstić information content (AvgIpc) is 2.25. The topological polar surface area (TPSA) is 32.3 Å². The molecular weight excluding hydrogens is 259 g/mol. The van der Waals surface area contributed by atoms with Crippen LogP contribution in [0.3, 0.4) is 0 Å². The first-order valence-electron chi connectivity index (χ1n) is 5.54. The van der Waals surface area contributed by atoms with E-state index in [1.54, 1.807) is 6.20 Å². The van der Waals surface area contributed by atoms with E-state index in [2.05, 4.69) is 40.7 Å². The van der Waals surface area contributed by atoms with Crippen LogP contribution in [0, 0.1) is 0 Å². The second-order valence-corrected chi connectivity index (χ2v) is 5.71. The maximum atomic E-state index is 6.12. The van der Waals surface area contributed by atoms with Crippen molar-refractivity contribution in [3.63, 3.8) is 0 Å². The van der Waals surface area contributed by atoms with Gasteiger partial charge in [0.05, 0.1) is 6.20 Å². The van der Waals surface area contributed by atoms with Crippen LogP contribution in [-0.2, 0) is 0 Å².